The van der Waals surface area contributed by atoms with Crippen molar-refractivity contribution in [2.45, 2.75) is 13.2 Å². The second kappa shape index (κ2) is 6.20. The van der Waals surface area contributed by atoms with Crippen molar-refractivity contribution in [2.75, 3.05) is 19.1 Å². The third kappa shape index (κ3) is 3.03. The van der Waals surface area contributed by atoms with Crippen LogP contribution in [0.25, 0.3) is 0 Å². The molecule has 0 atom stereocenters. The fourth-order valence-electron chi connectivity index (χ4n) is 2.07. The topological polar surface area (TPSA) is 45.6 Å². The van der Waals surface area contributed by atoms with E-state index in [1.54, 1.807) is 19.5 Å². The molecule has 0 aliphatic heterocycles. The summed E-state index contributed by atoms with van der Waals surface area (Å²) in [6, 6.07) is 9.74. The summed E-state index contributed by atoms with van der Waals surface area (Å²) in [6.45, 7) is 0.705. The van der Waals surface area contributed by atoms with Gasteiger partial charge in [0.2, 0.25) is 0 Å². The Bertz CT molecular complexity index is 543. The monoisotopic (exact) mass is 258 g/mol. The smallest absolute Gasteiger partial charge is 0.123 e. The maximum absolute atomic E-state index is 9.36. The number of para-hydroxylation sites is 1. The highest BCUT2D eigenvalue weighted by molar-refractivity contribution is 5.52. The van der Waals surface area contributed by atoms with Crippen molar-refractivity contribution in [1.29, 1.82) is 0 Å². The lowest BCUT2D eigenvalue weighted by Crippen LogP contribution is -2.18. The normalized spacial score (nSPS) is 10.3. The van der Waals surface area contributed by atoms with Crippen LogP contribution in [0.15, 0.2) is 42.7 Å². The second-order valence-electron chi connectivity index (χ2n) is 4.33. The van der Waals surface area contributed by atoms with Gasteiger partial charge in [0, 0.05) is 30.9 Å². The maximum Gasteiger partial charge on any atom is 0.123 e. The average Bonchev–Trinajstić information content (AvgIpc) is 2.47. The number of benzene rings is 1. The number of hydrogen-bond acceptors (Lipinski definition) is 4. The molecule has 100 valence electrons. The molecule has 0 aliphatic carbocycles. The highest BCUT2D eigenvalue weighted by Crippen LogP contribution is 2.23. The molecular weight excluding hydrogens is 240 g/mol. The number of nitrogens with zero attached hydrogens (tertiary/aromatic N) is 2. The van der Waals surface area contributed by atoms with Crippen molar-refractivity contribution in [3.63, 3.8) is 0 Å². The molecule has 0 bridgehead atoms. The Morgan fingerprint density at radius 2 is 2.00 bits per heavy atom. The number of methoxy groups -OCH3 is 1. The van der Waals surface area contributed by atoms with Crippen molar-refractivity contribution in [1.82, 2.24) is 4.98 Å². The molecule has 0 amide bonds. The summed E-state index contributed by atoms with van der Waals surface area (Å²) in [5, 5.41) is 9.36. The molecule has 0 saturated heterocycles. The fourth-order valence-corrected chi connectivity index (χ4v) is 2.07. The van der Waals surface area contributed by atoms with Gasteiger partial charge in [-0.2, -0.15) is 0 Å². The number of rotatable bonds is 5. The minimum Gasteiger partial charge on any atom is -0.496 e. The van der Waals surface area contributed by atoms with E-state index in [-0.39, 0.29) is 6.61 Å². The van der Waals surface area contributed by atoms with Gasteiger partial charge in [0.25, 0.3) is 0 Å². The van der Waals surface area contributed by atoms with E-state index in [9.17, 15) is 5.11 Å². The maximum atomic E-state index is 9.36. The third-order valence-corrected chi connectivity index (χ3v) is 3.07. The van der Waals surface area contributed by atoms with Crippen LogP contribution in [0.4, 0.5) is 5.69 Å². The van der Waals surface area contributed by atoms with E-state index >= 15 is 0 Å². The number of ether oxygens (including phenoxy) is 1. The highest BCUT2D eigenvalue weighted by Gasteiger charge is 2.10. The number of hydrogen-bond donors (Lipinski definition) is 1. The van der Waals surface area contributed by atoms with E-state index in [0.29, 0.717) is 6.54 Å². The third-order valence-electron chi connectivity index (χ3n) is 3.07. The number of pyridine rings is 1. The zero-order valence-electron chi connectivity index (χ0n) is 11.2. The van der Waals surface area contributed by atoms with Gasteiger partial charge in [-0.15, -0.1) is 0 Å². The zero-order valence-corrected chi connectivity index (χ0v) is 11.2. The molecule has 1 heterocycles. The van der Waals surface area contributed by atoms with Crippen LogP contribution >= 0.6 is 0 Å². The Balaban J connectivity index is 2.23. The van der Waals surface area contributed by atoms with Crippen molar-refractivity contribution < 1.29 is 9.84 Å². The summed E-state index contributed by atoms with van der Waals surface area (Å²) < 4.78 is 5.35. The van der Waals surface area contributed by atoms with E-state index < -0.39 is 0 Å². The average molecular weight is 258 g/mol. The Kier molecular flexibility index (Phi) is 4.36. The van der Waals surface area contributed by atoms with Crippen LogP contribution in [0.2, 0.25) is 0 Å². The van der Waals surface area contributed by atoms with Gasteiger partial charge < -0.3 is 14.7 Å². The number of aliphatic hydroxyl groups is 1. The van der Waals surface area contributed by atoms with Gasteiger partial charge >= 0.3 is 0 Å². The molecule has 4 heteroatoms. The molecule has 19 heavy (non-hydrogen) atoms. The molecule has 0 aliphatic rings. The van der Waals surface area contributed by atoms with Crippen molar-refractivity contribution >= 4 is 5.69 Å². The van der Waals surface area contributed by atoms with Crippen molar-refractivity contribution in [3.05, 3.63) is 53.9 Å². The van der Waals surface area contributed by atoms with Gasteiger partial charge in [0.05, 0.1) is 25.6 Å². The van der Waals surface area contributed by atoms with Crippen LogP contribution in [0.1, 0.15) is 11.1 Å². The number of aliphatic hydroxyl groups excluding tert-OH is 1. The lowest BCUT2D eigenvalue weighted by Gasteiger charge is -2.22. The van der Waals surface area contributed by atoms with Crippen molar-refractivity contribution in [2.24, 2.45) is 0 Å². The zero-order chi connectivity index (χ0) is 13.7. The molecule has 2 aromatic rings. The molecule has 0 spiro atoms. The van der Waals surface area contributed by atoms with Crippen LogP contribution in [0.3, 0.4) is 0 Å². The highest BCUT2D eigenvalue weighted by atomic mass is 16.5. The van der Waals surface area contributed by atoms with Gasteiger partial charge in [-0.1, -0.05) is 18.2 Å². The predicted molar refractivity (Wildman–Crippen MR) is 75.3 cm³/mol. The van der Waals surface area contributed by atoms with Gasteiger partial charge in [0.15, 0.2) is 0 Å². The van der Waals surface area contributed by atoms with E-state index in [4.69, 9.17) is 4.74 Å². The molecule has 0 unspecified atom stereocenters. The molecule has 0 fully saturated rings. The Labute approximate surface area is 113 Å². The molecule has 1 N–H and O–H groups in total. The summed E-state index contributed by atoms with van der Waals surface area (Å²) in [6.07, 6.45) is 3.45. The number of aromatic nitrogens is 1. The predicted octanol–water partition coefficient (Wildman–Crippen LogP) is 2.22. The van der Waals surface area contributed by atoms with Gasteiger partial charge in [-0.3, -0.25) is 4.98 Å². The minimum absolute atomic E-state index is 0.00805. The summed E-state index contributed by atoms with van der Waals surface area (Å²) in [5.41, 5.74) is 2.89. The Morgan fingerprint density at radius 3 is 2.74 bits per heavy atom. The van der Waals surface area contributed by atoms with Gasteiger partial charge in [-0.25, -0.2) is 0 Å². The first-order valence-corrected chi connectivity index (χ1v) is 6.13. The van der Waals surface area contributed by atoms with E-state index in [0.717, 1.165) is 22.6 Å². The Hall–Kier alpha value is -2.07. The molecule has 1 aromatic heterocycles. The van der Waals surface area contributed by atoms with E-state index in [1.165, 1.54) is 0 Å². The van der Waals surface area contributed by atoms with Gasteiger partial charge in [0.1, 0.15) is 5.75 Å². The van der Waals surface area contributed by atoms with Crippen molar-refractivity contribution in [3.8, 4) is 5.75 Å². The lowest BCUT2D eigenvalue weighted by molar-refractivity contribution is 0.282. The Morgan fingerprint density at radius 1 is 1.21 bits per heavy atom. The van der Waals surface area contributed by atoms with Gasteiger partial charge in [-0.05, 0) is 12.1 Å². The molecular formula is C15H18N2O2. The van der Waals surface area contributed by atoms with Crippen LogP contribution < -0.4 is 9.64 Å². The van der Waals surface area contributed by atoms with E-state index in [2.05, 4.69) is 9.88 Å². The molecule has 2 rings (SSSR count). The summed E-state index contributed by atoms with van der Waals surface area (Å²) in [5.74, 6) is 0.865. The molecule has 0 saturated carbocycles. The first-order chi connectivity index (χ1) is 9.26. The minimum atomic E-state index is 0.00805. The summed E-state index contributed by atoms with van der Waals surface area (Å²) in [4.78, 5) is 6.17. The first kappa shape index (κ1) is 13.4. The standard InChI is InChI=1S/C15H18N2O2/c1-17(14-9-16-8-7-13(14)11-18)10-12-5-3-4-6-15(12)19-2/h3-9,18H,10-11H2,1-2H3. The van der Waals surface area contributed by atoms with E-state index in [1.807, 2.05) is 37.4 Å². The van der Waals surface area contributed by atoms with Crippen LogP contribution in [0.5, 0.6) is 5.75 Å². The lowest BCUT2D eigenvalue weighted by atomic mass is 10.1. The number of anilines is 1. The second-order valence-corrected chi connectivity index (χ2v) is 4.33. The first-order valence-electron chi connectivity index (χ1n) is 6.13. The molecule has 1 aromatic carbocycles. The fraction of sp³-hybridized carbons (Fsp3) is 0.267. The molecule has 0 radical (unpaired) electrons. The SMILES string of the molecule is COc1ccccc1CN(C)c1cnccc1CO. The quantitative estimate of drug-likeness (QED) is 0.893. The van der Waals surface area contributed by atoms with Crippen LogP contribution in [-0.4, -0.2) is 24.2 Å². The summed E-state index contributed by atoms with van der Waals surface area (Å²) in [7, 11) is 3.64. The largest absolute Gasteiger partial charge is 0.496 e. The molecule has 4 nitrogen and oxygen atoms in total. The van der Waals surface area contributed by atoms with Crippen LogP contribution in [-0.2, 0) is 13.2 Å². The summed E-state index contributed by atoms with van der Waals surface area (Å²) >= 11 is 0. The van der Waals surface area contributed by atoms with Crippen LogP contribution in [0, 0.1) is 0 Å².